The summed E-state index contributed by atoms with van der Waals surface area (Å²) in [6.07, 6.45) is -0.501. The van der Waals surface area contributed by atoms with E-state index >= 15 is 0 Å². The summed E-state index contributed by atoms with van der Waals surface area (Å²) in [5, 5.41) is 29.7. The van der Waals surface area contributed by atoms with Crippen LogP contribution in [0.1, 0.15) is 17.2 Å². The molecule has 1 amide bonds. The first-order chi connectivity index (χ1) is 13.4. The van der Waals surface area contributed by atoms with Crippen LogP contribution in [-0.4, -0.2) is 35.5 Å². The predicted octanol–water partition coefficient (Wildman–Crippen LogP) is 3.21. The van der Waals surface area contributed by atoms with Gasteiger partial charge < -0.3 is 19.7 Å². The summed E-state index contributed by atoms with van der Waals surface area (Å²) in [5.41, 5.74) is 1.36. The van der Waals surface area contributed by atoms with Gasteiger partial charge in [0, 0.05) is 18.9 Å². The van der Waals surface area contributed by atoms with E-state index in [1.807, 2.05) is 6.07 Å². The number of hydrogen-bond donors (Lipinski definition) is 3. The van der Waals surface area contributed by atoms with Crippen molar-refractivity contribution < 1.29 is 29.3 Å². The highest BCUT2D eigenvalue weighted by Crippen LogP contribution is 2.27. The predicted molar refractivity (Wildman–Crippen MR) is 99.7 cm³/mol. The van der Waals surface area contributed by atoms with Gasteiger partial charge in [-0.25, -0.2) is 9.59 Å². The Morgan fingerprint density at radius 3 is 2.32 bits per heavy atom. The normalized spacial score (nSPS) is 12.7. The molecule has 3 N–H and O–H groups in total. The monoisotopic (exact) mass is 382 g/mol. The molecule has 0 fully saturated rings. The second kappa shape index (κ2) is 9.75. The van der Waals surface area contributed by atoms with Gasteiger partial charge in [0.1, 0.15) is 11.9 Å². The zero-order chi connectivity index (χ0) is 20.5. The molecule has 2 aromatic carbocycles. The number of rotatable bonds is 7. The van der Waals surface area contributed by atoms with Gasteiger partial charge in [-0.2, -0.15) is 5.26 Å². The number of ether oxygens (including phenoxy) is 2. The maximum absolute atomic E-state index is 12.3. The van der Waals surface area contributed by atoms with Gasteiger partial charge in [-0.15, -0.1) is 0 Å². The van der Waals surface area contributed by atoms with E-state index in [1.54, 1.807) is 24.3 Å². The molecular formula is C20H18N2O6. The largest absolute Gasteiger partial charge is 0.508 e. The molecule has 28 heavy (non-hydrogen) atoms. The number of nitrogens with one attached hydrogen (secondary N) is 1. The fraction of sp³-hybridized carbons (Fsp3) is 0.150. The number of carbonyl (C=O) groups is 2. The van der Waals surface area contributed by atoms with E-state index < -0.39 is 24.3 Å². The first-order valence-corrected chi connectivity index (χ1v) is 8.13. The van der Waals surface area contributed by atoms with Crippen LogP contribution in [0.15, 0.2) is 60.7 Å². The Hall–Kier alpha value is -3.83. The maximum Gasteiger partial charge on any atom is 0.412 e. The molecule has 0 saturated heterocycles. The number of aromatic hydroxyl groups is 1. The fourth-order valence-electron chi connectivity index (χ4n) is 2.36. The minimum absolute atomic E-state index is 0.0274. The lowest BCUT2D eigenvalue weighted by atomic mass is 10.0. The Morgan fingerprint density at radius 2 is 1.79 bits per heavy atom. The van der Waals surface area contributed by atoms with Crippen molar-refractivity contribution in [3.05, 3.63) is 71.8 Å². The van der Waals surface area contributed by atoms with Crippen LogP contribution in [0.5, 0.6) is 5.75 Å². The van der Waals surface area contributed by atoms with Crippen LogP contribution in [0.4, 0.5) is 10.5 Å². The number of anilines is 1. The fourth-order valence-corrected chi connectivity index (χ4v) is 2.36. The third kappa shape index (κ3) is 5.86. The first kappa shape index (κ1) is 20.5. The van der Waals surface area contributed by atoms with Gasteiger partial charge >= 0.3 is 12.1 Å². The van der Waals surface area contributed by atoms with Crippen LogP contribution in [0, 0.1) is 11.3 Å². The van der Waals surface area contributed by atoms with Crippen LogP contribution in [0.3, 0.4) is 0 Å². The van der Waals surface area contributed by atoms with Crippen molar-refractivity contribution in [1.82, 2.24) is 0 Å². The summed E-state index contributed by atoms with van der Waals surface area (Å²) >= 11 is 0. The van der Waals surface area contributed by atoms with Gasteiger partial charge in [-0.3, -0.25) is 5.32 Å². The van der Waals surface area contributed by atoms with Crippen molar-refractivity contribution in [2.45, 2.75) is 12.2 Å². The van der Waals surface area contributed by atoms with Crippen LogP contribution >= 0.6 is 0 Å². The van der Waals surface area contributed by atoms with E-state index in [-0.39, 0.29) is 5.75 Å². The second-order valence-corrected chi connectivity index (χ2v) is 5.63. The zero-order valence-electron chi connectivity index (χ0n) is 14.9. The molecule has 0 aliphatic rings. The summed E-state index contributed by atoms with van der Waals surface area (Å²) in [7, 11) is 1.35. The minimum atomic E-state index is -1.17. The Bertz CT molecular complexity index is 884. The van der Waals surface area contributed by atoms with E-state index in [2.05, 4.69) is 5.32 Å². The summed E-state index contributed by atoms with van der Waals surface area (Å²) in [6.45, 7) is 0. The molecule has 0 bridgehead atoms. The molecule has 0 saturated carbocycles. The van der Waals surface area contributed by atoms with Crippen LogP contribution < -0.4 is 5.32 Å². The summed E-state index contributed by atoms with van der Waals surface area (Å²) in [4.78, 5) is 23.2. The number of phenols is 1. The Labute approximate surface area is 161 Å². The molecule has 8 heteroatoms. The number of benzene rings is 2. The van der Waals surface area contributed by atoms with Crippen LogP contribution in [0.2, 0.25) is 0 Å². The van der Waals surface area contributed by atoms with Gasteiger partial charge in [0.05, 0.1) is 11.6 Å². The lowest BCUT2D eigenvalue weighted by Crippen LogP contribution is -2.27. The quantitative estimate of drug-likeness (QED) is 0.627. The molecule has 144 valence electrons. The van der Waals surface area contributed by atoms with E-state index in [0.717, 1.165) is 6.08 Å². The number of methoxy groups -OCH3 is 1. The molecule has 2 rings (SSSR count). The number of phenolic OH excluding ortho intramolecular Hbond substituents is 1. The number of aliphatic carboxylic acids is 1. The van der Waals surface area contributed by atoms with E-state index in [0.29, 0.717) is 16.8 Å². The highest BCUT2D eigenvalue weighted by molar-refractivity contribution is 5.85. The van der Waals surface area contributed by atoms with Crippen molar-refractivity contribution in [3.63, 3.8) is 0 Å². The topological polar surface area (TPSA) is 129 Å². The average Bonchev–Trinajstić information content (AvgIpc) is 2.68. The van der Waals surface area contributed by atoms with Gasteiger partial charge in [0.2, 0.25) is 0 Å². The number of nitriles is 1. The summed E-state index contributed by atoms with van der Waals surface area (Å²) in [5.74, 6) is -1.15. The standard InChI is InChI=1S/C20H18N2O6/c1-27-17(10-11-18(24)25)19(14-4-8-16(23)9-5-14)28-20(26)22-15-6-2-13(12-21)3-7-15/h2-11,17,19,23H,1H3,(H,22,26)(H,24,25)/b11-10+/t17-,19-/m0/s1. The molecule has 0 aliphatic heterocycles. The molecule has 0 aromatic heterocycles. The SMILES string of the molecule is CO[C@@H](/C=C/C(=O)O)[C@@H](OC(=O)Nc1ccc(C#N)cc1)c1ccc(O)cc1. The van der Waals surface area contributed by atoms with Crippen molar-refractivity contribution in [1.29, 1.82) is 5.26 Å². The van der Waals surface area contributed by atoms with Gasteiger partial charge in [-0.1, -0.05) is 12.1 Å². The third-order valence-corrected chi connectivity index (χ3v) is 3.72. The van der Waals surface area contributed by atoms with Gasteiger partial charge in [-0.05, 0) is 48.0 Å². The lowest BCUT2D eigenvalue weighted by Gasteiger charge is -2.24. The number of hydrogen-bond acceptors (Lipinski definition) is 6. The molecule has 2 aromatic rings. The van der Waals surface area contributed by atoms with Crippen molar-refractivity contribution in [3.8, 4) is 11.8 Å². The zero-order valence-corrected chi connectivity index (χ0v) is 14.9. The Kier molecular flexibility index (Phi) is 7.13. The van der Waals surface area contributed by atoms with E-state index in [9.17, 15) is 14.7 Å². The third-order valence-electron chi connectivity index (χ3n) is 3.72. The summed E-state index contributed by atoms with van der Waals surface area (Å²) < 4.78 is 10.7. The summed E-state index contributed by atoms with van der Waals surface area (Å²) in [6, 6.07) is 14.1. The number of nitrogens with zero attached hydrogens (tertiary/aromatic N) is 1. The number of carboxylic acids is 1. The number of carbonyl (C=O) groups excluding carboxylic acids is 1. The van der Waals surface area contributed by atoms with Crippen molar-refractivity contribution >= 4 is 17.7 Å². The molecule has 0 radical (unpaired) electrons. The van der Waals surface area contributed by atoms with E-state index in [1.165, 1.54) is 37.5 Å². The highest BCUT2D eigenvalue weighted by atomic mass is 16.6. The molecule has 0 unspecified atom stereocenters. The number of carboxylic acid groups (broad SMARTS) is 1. The molecular weight excluding hydrogens is 364 g/mol. The first-order valence-electron chi connectivity index (χ1n) is 8.13. The van der Waals surface area contributed by atoms with Crippen molar-refractivity contribution in [2.24, 2.45) is 0 Å². The Balaban J connectivity index is 2.22. The smallest absolute Gasteiger partial charge is 0.412 e. The molecule has 8 nitrogen and oxygen atoms in total. The maximum atomic E-state index is 12.3. The van der Waals surface area contributed by atoms with Crippen LogP contribution in [0.25, 0.3) is 0 Å². The minimum Gasteiger partial charge on any atom is -0.508 e. The van der Waals surface area contributed by atoms with E-state index in [4.69, 9.17) is 19.8 Å². The van der Waals surface area contributed by atoms with Crippen molar-refractivity contribution in [2.75, 3.05) is 12.4 Å². The Morgan fingerprint density at radius 1 is 1.14 bits per heavy atom. The lowest BCUT2D eigenvalue weighted by molar-refractivity contribution is -0.131. The van der Waals surface area contributed by atoms with Gasteiger partial charge in [0.25, 0.3) is 0 Å². The molecule has 0 spiro atoms. The molecule has 2 atom stereocenters. The van der Waals surface area contributed by atoms with Gasteiger partial charge in [0.15, 0.2) is 6.10 Å². The second-order valence-electron chi connectivity index (χ2n) is 5.63. The number of amides is 1. The molecule has 0 heterocycles. The highest BCUT2D eigenvalue weighted by Gasteiger charge is 2.26. The molecule has 0 aliphatic carbocycles. The van der Waals surface area contributed by atoms with Crippen LogP contribution in [-0.2, 0) is 14.3 Å². The average molecular weight is 382 g/mol.